The molecule has 19 heavy (non-hydrogen) atoms. The van der Waals surface area contributed by atoms with E-state index in [1.165, 1.54) is 12.5 Å². The Bertz CT molecular complexity index is 585. The van der Waals surface area contributed by atoms with Crippen molar-refractivity contribution in [3.8, 4) is 0 Å². The highest BCUT2D eigenvalue weighted by Gasteiger charge is 2.14. The number of hydrogen-bond donors (Lipinski definition) is 2. The summed E-state index contributed by atoms with van der Waals surface area (Å²) >= 11 is 0. The van der Waals surface area contributed by atoms with Crippen LogP contribution in [0.2, 0.25) is 0 Å². The second kappa shape index (κ2) is 5.47. The topological polar surface area (TPSA) is 54.3 Å². The monoisotopic (exact) mass is 270 g/mol. The molecule has 2 amide bonds. The summed E-state index contributed by atoms with van der Waals surface area (Å²) in [5, 5.41) is 4.48. The fourth-order valence-electron chi connectivity index (χ4n) is 1.36. The fourth-order valence-corrected chi connectivity index (χ4v) is 1.36. The molecule has 1 heterocycles. The Morgan fingerprint density at radius 3 is 2.63 bits per heavy atom. The third-order valence-corrected chi connectivity index (χ3v) is 2.32. The highest BCUT2D eigenvalue weighted by molar-refractivity contribution is 5.89. The number of hydrogen-bond acceptors (Lipinski definition) is 2. The van der Waals surface area contributed by atoms with Crippen molar-refractivity contribution in [2.75, 3.05) is 5.32 Å². The molecule has 0 saturated heterocycles. The van der Waals surface area contributed by atoms with Gasteiger partial charge in [-0.1, -0.05) is 0 Å². The van der Waals surface area contributed by atoms with Crippen LogP contribution in [0, 0.1) is 17.5 Å². The minimum atomic E-state index is -1.63. The van der Waals surface area contributed by atoms with E-state index in [0.29, 0.717) is 5.56 Å². The first-order chi connectivity index (χ1) is 9.08. The molecule has 2 rings (SSSR count). The SMILES string of the molecule is O=C(NCc1ccoc1)Nc1ccc(F)c(F)c1F. The van der Waals surface area contributed by atoms with Crippen LogP contribution in [0.15, 0.2) is 35.1 Å². The molecule has 0 bridgehead atoms. The second-order valence-corrected chi connectivity index (χ2v) is 3.66. The summed E-state index contributed by atoms with van der Waals surface area (Å²) in [5.74, 6) is -4.40. The molecule has 1 aromatic carbocycles. The van der Waals surface area contributed by atoms with E-state index < -0.39 is 29.2 Å². The van der Waals surface area contributed by atoms with Crippen molar-refractivity contribution < 1.29 is 22.4 Å². The summed E-state index contributed by atoms with van der Waals surface area (Å²) in [6.07, 6.45) is 2.86. The highest BCUT2D eigenvalue weighted by atomic mass is 19.2. The molecule has 1 aromatic heterocycles. The van der Waals surface area contributed by atoms with Gasteiger partial charge in [-0.2, -0.15) is 0 Å². The summed E-state index contributed by atoms with van der Waals surface area (Å²) in [7, 11) is 0. The lowest BCUT2D eigenvalue weighted by atomic mass is 10.3. The fraction of sp³-hybridized carbons (Fsp3) is 0.0833. The van der Waals surface area contributed by atoms with Crippen molar-refractivity contribution in [3.63, 3.8) is 0 Å². The number of carbonyl (C=O) groups is 1. The first-order valence-electron chi connectivity index (χ1n) is 5.27. The summed E-state index contributed by atoms with van der Waals surface area (Å²) in [4.78, 5) is 11.4. The van der Waals surface area contributed by atoms with Crippen molar-refractivity contribution in [2.45, 2.75) is 6.54 Å². The van der Waals surface area contributed by atoms with Crippen LogP contribution in [-0.2, 0) is 6.54 Å². The zero-order valence-electron chi connectivity index (χ0n) is 9.54. The van der Waals surface area contributed by atoms with Crippen molar-refractivity contribution in [3.05, 3.63) is 53.7 Å². The Hall–Kier alpha value is -2.44. The summed E-state index contributed by atoms with van der Waals surface area (Å²) in [6.45, 7) is 0.160. The molecule has 0 unspecified atom stereocenters. The van der Waals surface area contributed by atoms with Gasteiger partial charge in [-0.15, -0.1) is 0 Å². The zero-order chi connectivity index (χ0) is 13.8. The molecule has 2 aromatic rings. The van der Waals surface area contributed by atoms with Gasteiger partial charge in [-0.25, -0.2) is 18.0 Å². The minimum absolute atomic E-state index is 0.160. The highest BCUT2D eigenvalue weighted by Crippen LogP contribution is 2.19. The van der Waals surface area contributed by atoms with Crippen molar-refractivity contribution in [1.82, 2.24) is 5.32 Å². The van der Waals surface area contributed by atoms with E-state index in [9.17, 15) is 18.0 Å². The third-order valence-electron chi connectivity index (χ3n) is 2.32. The molecule has 0 spiro atoms. The largest absolute Gasteiger partial charge is 0.472 e. The van der Waals surface area contributed by atoms with Gasteiger partial charge in [0, 0.05) is 12.1 Å². The van der Waals surface area contributed by atoms with Crippen LogP contribution in [0.1, 0.15) is 5.56 Å². The van der Waals surface area contributed by atoms with Crippen LogP contribution in [-0.4, -0.2) is 6.03 Å². The standard InChI is InChI=1S/C12H9F3N2O2/c13-8-1-2-9(11(15)10(8)14)17-12(18)16-5-7-3-4-19-6-7/h1-4,6H,5H2,(H2,16,17,18). The van der Waals surface area contributed by atoms with Crippen molar-refractivity contribution in [2.24, 2.45) is 0 Å². The summed E-state index contributed by atoms with van der Waals surface area (Å²) in [5.41, 5.74) is 0.268. The molecule has 100 valence electrons. The number of halogens is 3. The van der Waals surface area contributed by atoms with Gasteiger partial charge >= 0.3 is 6.03 Å². The number of urea groups is 1. The van der Waals surface area contributed by atoms with Gasteiger partial charge in [0.1, 0.15) is 0 Å². The molecule has 0 fully saturated rings. The number of carbonyl (C=O) groups excluding carboxylic acids is 1. The molecule has 0 atom stereocenters. The second-order valence-electron chi connectivity index (χ2n) is 3.66. The molecule has 2 N–H and O–H groups in total. The summed E-state index contributed by atoms with van der Waals surface area (Å²) in [6, 6.07) is 2.55. The third kappa shape index (κ3) is 3.06. The molecular weight excluding hydrogens is 261 g/mol. The van der Waals surface area contributed by atoms with Gasteiger partial charge < -0.3 is 15.1 Å². The molecule has 4 nitrogen and oxygen atoms in total. The molecule has 0 aliphatic rings. The minimum Gasteiger partial charge on any atom is -0.472 e. The predicted molar refractivity (Wildman–Crippen MR) is 60.9 cm³/mol. The Morgan fingerprint density at radius 2 is 1.95 bits per heavy atom. The van der Waals surface area contributed by atoms with Crippen LogP contribution >= 0.6 is 0 Å². The maximum atomic E-state index is 13.3. The van der Waals surface area contributed by atoms with E-state index in [0.717, 1.165) is 12.1 Å². The van der Waals surface area contributed by atoms with Gasteiger partial charge in [0.25, 0.3) is 0 Å². The number of benzene rings is 1. The van der Waals surface area contributed by atoms with E-state index in [2.05, 4.69) is 10.6 Å². The Kier molecular flexibility index (Phi) is 3.74. The molecule has 0 radical (unpaired) electrons. The van der Waals surface area contributed by atoms with Crippen molar-refractivity contribution in [1.29, 1.82) is 0 Å². The van der Waals surface area contributed by atoms with Crippen LogP contribution < -0.4 is 10.6 Å². The zero-order valence-corrected chi connectivity index (χ0v) is 9.54. The number of furan rings is 1. The van der Waals surface area contributed by atoms with E-state index in [1.807, 2.05) is 0 Å². The molecule has 0 aliphatic heterocycles. The first kappa shape index (κ1) is 13.0. The first-order valence-corrected chi connectivity index (χ1v) is 5.27. The quantitative estimate of drug-likeness (QED) is 0.842. The lowest BCUT2D eigenvalue weighted by Gasteiger charge is -2.08. The van der Waals surface area contributed by atoms with E-state index in [4.69, 9.17) is 4.42 Å². The van der Waals surface area contributed by atoms with Gasteiger partial charge in [-0.3, -0.25) is 0 Å². The van der Waals surface area contributed by atoms with E-state index >= 15 is 0 Å². The van der Waals surface area contributed by atoms with E-state index in [1.54, 1.807) is 6.07 Å². The predicted octanol–water partition coefficient (Wildman–Crippen LogP) is 3.02. The summed E-state index contributed by atoms with van der Waals surface area (Å²) < 4.78 is 43.6. The lowest BCUT2D eigenvalue weighted by Crippen LogP contribution is -2.28. The van der Waals surface area contributed by atoms with Gasteiger partial charge in [0.05, 0.1) is 18.2 Å². The van der Waals surface area contributed by atoms with E-state index in [-0.39, 0.29) is 6.54 Å². The van der Waals surface area contributed by atoms with Crippen LogP contribution in [0.5, 0.6) is 0 Å². The smallest absolute Gasteiger partial charge is 0.319 e. The average molecular weight is 270 g/mol. The lowest BCUT2D eigenvalue weighted by molar-refractivity contribution is 0.251. The van der Waals surface area contributed by atoms with Crippen LogP contribution in [0.4, 0.5) is 23.7 Å². The average Bonchev–Trinajstić information content (AvgIpc) is 2.90. The maximum Gasteiger partial charge on any atom is 0.319 e. The number of rotatable bonds is 3. The molecular formula is C12H9F3N2O2. The molecule has 0 aliphatic carbocycles. The van der Waals surface area contributed by atoms with Gasteiger partial charge in [-0.05, 0) is 18.2 Å². The van der Waals surface area contributed by atoms with Gasteiger partial charge in [0.2, 0.25) is 0 Å². The van der Waals surface area contributed by atoms with Crippen LogP contribution in [0.3, 0.4) is 0 Å². The Balaban J connectivity index is 1.97. The maximum absolute atomic E-state index is 13.3. The Labute approximate surface area is 106 Å². The van der Waals surface area contributed by atoms with Gasteiger partial charge in [0.15, 0.2) is 17.5 Å². The van der Waals surface area contributed by atoms with Crippen molar-refractivity contribution >= 4 is 11.7 Å². The number of amides is 2. The van der Waals surface area contributed by atoms with Crippen LogP contribution in [0.25, 0.3) is 0 Å². The molecule has 7 heteroatoms. The number of anilines is 1. The Morgan fingerprint density at radius 1 is 1.16 bits per heavy atom. The number of nitrogens with one attached hydrogen (secondary N) is 2. The normalized spacial score (nSPS) is 10.3. The molecule has 0 saturated carbocycles.